The third-order valence-electron chi connectivity index (χ3n) is 5.93. The lowest BCUT2D eigenvalue weighted by atomic mass is 10.1. The van der Waals surface area contributed by atoms with Crippen LogP contribution in [0.1, 0.15) is 22.3 Å². The maximum absolute atomic E-state index is 13.7. The van der Waals surface area contributed by atoms with Gasteiger partial charge in [0.05, 0.1) is 22.5 Å². The van der Waals surface area contributed by atoms with Crippen molar-refractivity contribution in [2.45, 2.75) is 19.7 Å². The summed E-state index contributed by atoms with van der Waals surface area (Å²) in [5, 5.41) is 0.654. The van der Waals surface area contributed by atoms with Crippen molar-refractivity contribution in [3.05, 3.63) is 139 Å². The molecule has 1 aliphatic rings. The topological polar surface area (TPSA) is 41.9 Å². The first-order valence-corrected chi connectivity index (χ1v) is 14.6. The van der Waals surface area contributed by atoms with Gasteiger partial charge in [0, 0.05) is 10.0 Å². The van der Waals surface area contributed by atoms with Gasteiger partial charge in [0.2, 0.25) is 0 Å². The summed E-state index contributed by atoms with van der Waals surface area (Å²) in [5.41, 5.74) is 3.66. The van der Waals surface area contributed by atoms with Crippen LogP contribution in [-0.4, -0.2) is 16.0 Å². The van der Waals surface area contributed by atoms with Gasteiger partial charge in [0.1, 0.15) is 18.2 Å². The molecule has 0 N–H and O–H groups in total. The van der Waals surface area contributed by atoms with Crippen molar-refractivity contribution in [2.24, 2.45) is 4.99 Å². The largest absolute Gasteiger partial charge is 0.487 e. The number of halogens is 3. The summed E-state index contributed by atoms with van der Waals surface area (Å²) < 4.78 is 21.1. The first kappa shape index (κ1) is 27.4. The van der Waals surface area contributed by atoms with Crippen LogP contribution in [0.2, 0.25) is 0 Å². The fourth-order valence-corrected chi connectivity index (χ4v) is 6.33. The van der Waals surface area contributed by atoms with Crippen LogP contribution in [0.5, 0.6) is 5.75 Å². The number of hydrogen-bond acceptors (Lipinski definition) is 4. The zero-order valence-corrected chi connectivity index (χ0v) is 24.7. The summed E-state index contributed by atoms with van der Waals surface area (Å²) in [4.78, 5) is 20.8. The Labute approximate surface area is 247 Å². The van der Waals surface area contributed by atoms with Crippen LogP contribution in [0.4, 0.5) is 4.39 Å². The van der Waals surface area contributed by atoms with Gasteiger partial charge in [-0.1, -0.05) is 88.7 Å². The molecule has 196 valence electrons. The normalized spacial score (nSPS) is 15.4. The zero-order valence-electron chi connectivity index (χ0n) is 20.7. The molecule has 0 aromatic heterocycles. The van der Waals surface area contributed by atoms with E-state index >= 15 is 0 Å². The van der Waals surface area contributed by atoms with Crippen molar-refractivity contribution >= 4 is 60.8 Å². The van der Waals surface area contributed by atoms with E-state index in [1.54, 1.807) is 17.0 Å². The van der Waals surface area contributed by atoms with E-state index in [1.165, 1.54) is 23.9 Å². The first-order valence-electron chi connectivity index (χ1n) is 12.2. The minimum atomic E-state index is -0.296. The van der Waals surface area contributed by atoms with Gasteiger partial charge in [-0.3, -0.25) is 14.7 Å². The Balaban J connectivity index is 1.46. The van der Waals surface area contributed by atoms with E-state index in [0.29, 0.717) is 28.9 Å². The lowest BCUT2D eigenvalue weighted by Crippen LogP contribution is -2.28. The smallest absolute Gasteiger partial charge is 0.267 e. The van der Waals surface area contributed by atoms with Crippen LogP contribution in [0.25, 0.3) is 6.08 Å². The molecule has 0 unspecified atom stereocenters. The van der Waals surface area contributed by atoms with Crippen molar-refractivity contribution in [2.75, 3.05) is 0 Å². The van der Waals surface area contributed by atoms with E-state index in [1.807, 2.05) is 78.9 Å². The molecule has 0 spiro atoms. The predicted molar refractivity (Wildman–Crippen MR) is 163 cm³/mol. The van der Waals surface area contributed by atoms with Crippen LogP contribution in [-0.2, 0) is 24.5 Å². The summed E-state index contributed by atoms with van der Waals surface area (Å²) in [7, 11) is 0. The van der Waals surface area contributed by atoms with Gasteiger partial charge in [0.15, 0.2) is 5.17 Å². The van der Waals surface area contributed by atoms with E-state index < -0.39 is 0 Å². The maximum Gasteiger partial charge on any atom is 0.267 e. The van der Waals surface area contributed by atoms with Gasteiger partial charge in [-0.15, -0.1) is 0 Å². The zero-order chi connectivity index (χ0) is 27.2. The number of amidine groups is 1. The molecule has 1 fully saturated rings. The number of amides is 1. The van der Waals surface area contributed by atoms with Crippen LogP contribution in [0.3, 0.4) is 0 Å². The molecule has 1 aliphatic heterocycles. The van der Waals surface area contributed by atoms with Gasteiger partial charge < -0.3 is 4.74 Å². The number of ether oxygens (including phenoxy) is 1. The second-order valence-corrected chi connectivity index (χ2v) is 11.6. The Morgan fingerprint density at radius 2 is 1.54 bits per heavy atom. The Morgan fingerprint density at radius 3 is 2.23 bits per heavy atom. The van der Waals surface area contributed by atoms with Gasteiger partial charge in [-0.2, -0.15) is 0 Å². The lowest BCUT2D eigenvalue weighted by molar-refractivity contribution is -0.122. The molecule has 4 nitrogen and oxygen atoms in total. The molecule has 1 saturated heterocycles. The minimum Gasteiger partial charge on any atom is -0.487 e. The summed E-state index contributed by atoms with van der Waals surface area (Å²) in [5.74, 6) is 0.180. The molecule has 0 aliphatic carbocycles. The molecule has 0 radical (unpaired) electrons. The van der Waals surface area contributed by atoms with Crippen LogP contribution >= 0.6 is 43.6 Å². The summed E-state index contributed by atoms with van der Waals surface area (Å²) in [6, 6.07) is 29.8. The van der Waals surface area contributed by atoms with Crippen LogP contribution < -0.4 is 4.74 Å². The molecule has 8 heteroatoms. The van der Waals surface area contributed by atoms with E-state index in [4.69, 9.17) is 9.73 Å². The fraction of sp³-hybridized carbons (Fsp3) is 0.0968. The molecule has 5 rings (SSSR count). The highest BCUT2D eigenvalue weighted by Gasteiger charge is 2.33. The van der Waals surface area contributed by atoms with Gasteiger partial charge in [-0.25, -0.2) is 4.39 Å². The highest BCUT2D eigenvalue weighted by molar-refractivity contribution is 9.11. The standard InChI is InChI=1S/C31H23Br2FN2O2S/c32-25-15-24(29(27(33)17-25)38-20-23-11-13-26(34)14-12-23)16-28-30(37)36(19-22-9-5-2-6-10-22)31(39-28)35-18-21-7-3-1-4-8-21/h1-17H,18-20H2/b28-16+,35-31?. The summed E-state index contributed by atoms with van der Waals surface area (Å²) >= 11 is 8.50. The lowest BCUT2D eigenvalue weighted by Gasteiger charge is -2.16. The molecule has 1 heterocycles. The van der Waals surface area contributed by atoms with Gasteiger partial charge >= 0.3 is 0 Å². The highest BCUT2D eigenvalue weighted by Crippen LogP contribution is 2.39. The van der Waals surface area contributed by atoms with Crippen molar-refractivity contribution in [1.82, 2.24) is 4.90 Å². The number of rotatable bonds is 8. The Bertz CT molecular complexity index is 1530. The number of hydrogen-bond donors (Lipinski definition) is 0. The third-order valence-corrected chi connectivity index (χ3v) is 8.02. The molecule has 39 heavy (non-hydrogen) atoms. The average molecular weight is 666 g/mol. The number of benzene rings is 4. The number of carbonyl (C=O) groups is 1. The molecule has 4 aromatic carbocycles. The molecular formula is C31H23Br2FN2O2S. The monoisotopic (exact) mass is 664 g/mol. The molecule has 0 saturated carbocycles. The molecule has 0 atom stereocenters. The van der Waals surface area contributed by atoms with Crippen LogP contribution in [0.15, 0.2) is 116 Å². The summed E-state index contributed by atoms with van der Waals surface area (Å²) in [6.07, 6.45) is 1.84. The molecular weight excluding hydrogens is 643 g/mol. The quantitative estimate of drug-likeness (QED) is 0.177. The Hall–Kier alpha value is -3.20. The molecule has 4 aromatic rings. The number of nitrogens with zero attached hydrogens (tertiary/aromatic N) is 2. The Kier molecular flexibility index (Phi) is 8.96. The first-order chi connectivity index (χ1) is 19.0. The van der Waals surface area contributed by atoms with Crippen molar-refractivity contribution in [3.8, 4) is 5.75 Å². The van der Waals surface area contributed by atoms with E-state index in [9.17, 15) is 9.18 Å². The van der Waals surface area contributed by atoms with E-state index in [0.717, 1.165) is 31.2 Å². The van der Waals surface area contributed by atoms with Crippen LogP contribution in [0, 0.1) is 5.82 Å². The third kappa shape index (κ3) is 7.06. The van der Waals surface area contributed by atoms with E-state index in [2.05, 4.69) is 31.9 Å². The second kappa shape index (κ2) is 12.8. The van der Waals surface area contributed by atoms with E-state index in [-0.39, 0.29) is 18.3 Å². The van der Waals surface area contributed by atoms with Gasteiger partial charge in [0.25, 0.3) is 5.91 Å². The number of aliphatic imine (C=N–C) groups is 1. The van der Waals surface area contributed by atoms with Crippen molar-refractivity contribution < 1.29 is 13.9 Å². The number of carbonyl (C=O) groups excluding carboxylic acids is 1. The predicted octanol–water partition coefficient (Wildman–Crippen LogP) is 8.60. The fourth-order valence-electron chi connectivity index (χ4n) is 3.99. The minimum absolute atomic E-state index is 0.115. The number of thioether (sulfide) groups is 1. The maximum atomic E-state index is 13.7. The summed E-state index contributed by atoms with van der Waals surface area (Å²) in [6.45, 7) is 1.15. The second-order valence-electron chi connectivity index (χ2n) is 8.79. The molecule has 1 amide bonds. The average Bonchev–Trinajstić information content (AvgIpc) is 3.22. The molecule has 0 bridgehead atoms. The van der Waals surface area contributed by atoms with Crippen molar-refractivity contribution in [3.63, 3.8) is 0 Å². The van der Waals surface area contributed by atoms with Gasteiger partial charge in [-0.05, 0) is 74.7 Å². The highest BCUT2D eigenvalue weighted by atomic mass is 79.9. The van der Waals surface area contributed by atoms with Crippen molar-refractivity contribution in [1.29, 1.82) is 0 Å². The Morgan fingerprint density at radius 1 is 0.872 bits per heavy atom. The SMILES string of the molecule is O=C1/C(=C\c2cc(Br)cc(Br)c2OCc2ccc(F)cc2)SC(=NCc2ccccc2)N1Cc1ccccc1.